The number of rotatable bonds is 3. The highest BCUT2D eigenvalue weighted by atomic mass is 32.2. The van der Waals surface area contributed by atoms with Gasteiger partial charge in [-0.2, -0.15) is 0 Å². The second-order valence-corrected chi connectivity index (χ2v) is 6.43. The van der Waals surface area contributed by atoms with Crippen LogP contribution >= 0.6 is 0 Å². The van der Waals surface area contributed by atoms with Gasteiger partial charge in [-0.1, -0.05) is 18.2 Å². The summed E-state index contributed by atoms with van der Waals surface area (Å²) in [6.07, 6.45) is 1.85. The van der Waals surface area contributed by atoms with Gasteiger partial charge in [-0.3, -0.25) is 4.79 Å². The minimum atomic E-state index is -3.15. The number of nitrogens with zero attached hydrogens (tertiary/aromatic N) is 1. The van der Waals surface area contributed by atoms with Gasteiger partial charge in [0.15, 0.2) is 0 Å². The molecule has 1 aliphatic rings. The molecule has 5 nitrogen and oxygen atoms in total. The quantitative estimate of drug-likeness (QED) is 0.865. The lowest BCUT2D eigenvalue weighted by molar-refractivity contribution is 0.0939. The van der Waals surface area contributed by atoms with Gasteiger partial charge in [0, 0.05) is 24.7 Å². The molecule has 1 aromatic carbocycles. The molecule has 1 fully saturated rings. The third-order valence-electron chi connectivity index (χ3n) is 2.99. The van der Waals surface area contributed by atoms with Crippen molar-refractivity contribution in [1.82, 2.24) is 9.62 Å². The Morgan fingerprint density at radius 3 is 2.56 bits per heavy atom. The lowest BCUT2D eigenvalue weighted by atomic mass is 10.2. The Balaban J connectivity index is 1.95. The number of sulfonamides is 1. The van der Waals surface area contributed by atoms with E-state index < -0.39 is 10.0 Å². The van der Waals surface area contributed by atoms with E-state index in [9.17, 15) is 13.2 Å². The summed E-state index contributed by atoms with van der Waals surface area (Å²) in [7, 11) is -3.15. The molecule has 6 heteroatoms. The van der Waals surface area contributed by atoms with Gasteiger partial charge in [-0.05, 0) is 18.6 Å². The summed E-state index contributed by atoms with van der Waals surface area (Å²) in [5.41, 5.74) is 0.593. The maximum Gasteiger partial charge on any atom is 0.251 e. The maximum atomic E-state index is 11.9. The lowest BCUT2D eigenvalue weighted by Crippen LogP contribution is -2.38. The van der Waals surface area contributed by atoms with Gasteiger partial charge >= 0.3 is 0 Å². The largest absolute Gasteiger partial charge is 0.348 e. The molecule has 1 saturated heterocycles. The number of nitrogens with one attached hydrogen (secondary N) is 1. The zero-order valence-electron chi connectivity index (χ0n) is 10.2. The summed E-state index contributed by atoms with van der Waals surface area (Å²) < 4.78 is 24.1. The van der Waals surface area contributed by atoms with Crippen molar-refractivity contribution in [3.05, 3.63) is 35.9 Å². The highest BCUT2D eigenvalue weighted by Crippen LogP contribution is 2.13. The van der Waals surface area contributed by atoms with Crippen molar-refractivity contribution in [3.63, 3.8) is 0 Å². The Morgan fingerprint density at radius 2 is 2.00 bits per heavy atom. The Bertz CT molecular complexity index is 528. The molecule has 0 aromatic heterocycles. The molecule has 18 heavy (non-hydrogen) atoms. The van der Waals surface area contributed by atoms with Gasteiger partial charge in [0.05, 0.1) is 6.26 Å². The molecule has 0 radical (unpaired) electrons. The van der Waals surface area contributed by atoms with Crippen molar-refractivity contribution >= 4 is 15.9 Å². The van der Waals surface area contributed by atoms with Crippen LogP contribution in [0.4, 0.5) is 0 Å². The van der Waals surface area contributed by atoms with Gasteiger partial charge in [0.25, 0.3) is 5.91 Å². The Morgan fingerprint density at radius 1 is 1.33 bits per heavy atom. The third kappa shape index (κ3) is 3.08. The van der Waals surface area contributed by atoms with Crippen molar-refractivity contribution in [2.24, 2.45) is 0 Å². The van der Waals surface area contributed by atoms with Crippen LogP contribution in [-0.4, -0.2) is 44.0 Å². The molecule has 1 heterocycles. The number of amides is 1. The number of benzene rings is 1. The van der Waals surface area contributed by atoms with Gasteiger partial charge in [-0.25, -0.2) is 12.7 Å². The van der Waals surface area contributed by atoms with E-state index in [4.69, 9.17) is 0 Å². The fourth-order valence-corrected chi connectivity index (χ4v) is 2.89. The summed E-state index contributed by atoms with van der Waals surface area (Å²) >= 11 is 0. The molecule has 2 rings (SSSR count). The minimum Gasteiger partial charge on any atom is -0.348 e. The van der Waals surface area contributed by atoms with Crippen LogP contribution in [0.1, 0.15) is 16.8 Å². The highest BCUT2D eigenvalue weighted by Gasteiger charge is 2.29. The zero-order valence-corrected chi connectivity index (χ0v) is 11.0. The van der Waals surface area contributed by atoms with Crippen molar-refractivity contribution < 1.29 is 13.2 Å². The Hall–Kier alpha value is -1.40. The first-order valence-electron chi connectivity index (χ1n) is 5.78. The summed E-state index contributed by atoms with van der Waals surface area (Å²) in [4.78, 5) is 11.9. The molecule has 1 N–H and O–H groups in total. The number of carbonyl (C=O) groups is 1. The van der Waals surface area contributed by atoms with Gasteiger partial charge in [0.2, 0.25) is 10.0 Å². The average molecular weight is 268 g/mol. The van der Waals surface area contributed by atoms with Crippen LogP contribution in [0.25, 0.3) is 0 Å². The van der Waals surface area contributed by atoms with E-state index in [0.717, 1.165) is 0 Å². The van der Waals surface area contributed by atoms with Crippen molar-refractivity contribution in [3.8, 4) is 0 Å². The second kappa shape index (κ2) is 5.07. The molecular formula is C12H16N2O3S. The van der Waals surface area contributed by atoms with Crippen LogP contribution in [0.15, 0.2) is 30.3 Å². The smallest absolute Gasteiger partial charge is 0.251 e. The maximum absolute atomic E-state index is 11.9. The number of hydrogen-bond donors (Lipinski definition) is 1. The predicted molar refractivity (Wildman–Crippen MR) is 68.7 cm³/mol. The summed E-state index contributed by atoms with van der Waals surface area (Å²) in [5.74, 6) is -0.157. The second-order valence-electron chi connectivity index (χ2n) is 4.45. The van der Waals surface area contributed by atoms with Crippen LogP contribution in [0.5, 0.6) is 0 Å². The van der Waals surface area contributed by atoms with Crippen molar-refractivity contribution in [1.29, 1.82) is 0 Å². The van der Waals surface area contributed by atoms with Crippen LogP contribution in [-0.2, 0) is 10.0 Å². The SMILES string of the molecule is CS(=O)(=O)N1CCC(NC(=O)c2ccccc2)C1. The van der Waals surface area contributed by atoms with E-state index in [-0.39, 0.29) is 11.9 Å². The van der Waals surface area contributed by atoms with E-state index in [1.165, 1.54) is 10.6 Å². The molecule has 0 spiro atoms. The van der Waals surface area contributed by atoms with Gasteiger partial charge < -0.3 is 5.32 Å². The highest BCUT2D eigenvalue weighted by molar-refractivity contribution is 7.88. The number of hydrogen-bond acceptors (Lipinski definition) is 3. The first-order valence-corrected chi connectivity index (χ1v) is 7.62. The molecule has 0 saturated carbocycles. The van der Waals surface area contributed by atoms with Crippen molar-refractivity contribution in [2.45, 2.75) is 12.5 Å². The fourth-order valence-electron chi connectivity index (χ4n) is 2.01. The normalized spacial score (nSPS) is 20.8. The molecule has 0 bridgehead atoms. The predicted octanol–water partition coefficient (Wildman–Crippen LogP) is 0.450. The van der Waals surface area contributed by atoms with E-state index in [2.05, 4.69) is 5.32 Å². The Labute approximate surface area is 107 Å². The van der Waals surface area contributed by atoms with Gasteiger partial charge in [0.1, 0.15) is 0 Å². The fraction of sp³-hybridized carbons (Fsp3) is 0.417. The van der Waals surface area contributed by atoms with Gasteiger partial charge in [-0.15, -0.1) is 0 Å². The lowest BCUT2D eigenvalue weighted by Gasteiger charge is -2.14. The summed E-state index contributed by atoms with van der Waals surface area (Å²) in [6, 6.07) is 8.81. The van der Waals surface area contributed by atoms with Crippen LogP contribution in [0.3, 0.4) is 0 Å². The molecule has 1 unspecified atom stereocenters. The van der Waals surface area contributed by atoms with E-state index >= 15 is 0 Å². The molecule has 1 amide bonds. The van der Waals surface area contributed by atoms with Crippen molar-refractivity contribution in [2.75, 3.05) is 19.3 Å². The van der Waals surface area contributed by atoms with E-state index in [1.807, 2.05) is 6.07 Å². The minimum absolute atomic E-state index is 0.104. The van der Waals surface area contributed by atoms with Crippen LogP contribution < -0.4 is 5.32 Å². The topological polar surface area (TPSA) is 66.5 Å². The molecule has 98 valence electrons. The van der Waals surface area contributed by atoms with Crippen LogP contribution in [0, 0.1) is 0 Å². The molecule has 1 aromatic rings. The molecule has 1 aliphatic heterocycles. The van der Waals surface area contributed by atoms with E-state index in [0.29, 0.717) is 25.1 Å². The van der Waals surface area contributed by atoms with Crippen LogP contribution in [0.2, 0.25) is 0 Å². The summed E-state index contributed by atoms with van der Waals surface area (Å²) in [6.45, 7) is 0.829. The molecule has 1 atom stereocenters. The standard InChI is InChI=1S/C12H16N2O3S/c1-18(16,17)14-8-7-11(9-14)13-12(15)10-5-3-2-4-6-10/h2-6,11H,7-9H2,1H3,(H,13,15). The zero-order chi connectivity index (χ0) is 13.2. The first-order chi connectivity index (χ1) is 8.47. The average Bonchev–Trinajstić information content (AvgIpc) is 2.78. The van der Waals surface area contributed by atoms with E-state index in [1.54, 1.807) is 24.3 Å². The molecule has 0 aliphatic carbocycles. The molecular weight excluding hydrogens is 252 g/mol. The first kappa shape index (κ1) is 13.0. The Kier molecular flexibility index (Phi) is 3.68. The number of carbonyl (C=O) groups excluding carboxylic acids is 1. The third-order valence-corrected chi connectivity index (χ3v) is 4.26. The summed E-state index contributed by atoms with van der Waals surface area (Å²) in [5, 5.41) is 2.85. The monoisotopic (exact) mass is 268 g/mol.